The molecule has 2 nitrogen and oxygen atoms in total. The summed E-state index contributed by atoms with van der Waals surface area (Å²) in [4.78, 5) is 10.7. The molecular weight excluding hydrogens is 685 g/mol. The Morgan fingerprint density at radius 1 is 0.436 bits per heavy atom. The lowest BCUT2D eigenvalue weighted by Gasteiger charge is -2.28. The van der Waals surface area contributed by atoms with E-state index < -0.39 is 0 Å². The van der Waals surface area contributed by atoms with Gasteiger partial charge in [0.25, 0.3) is 0 Å². The smallest absolute Gasteiger partial charge is 0.160 e. The standard InChI is InChI=1S/C52H34N2S/c1-52(38-15-3-2-4-16-38)44-22-9-7-18-42(44)49-43(21-12-23-45(49)52)47-32-46(53-51(54-47)37-30-25-33-13-5-6-14-36(33)31-37)35-28-26-34(27-29-35)39-19-11-20-41-40-17-8-10-24-48(40)55-50(39)41/h2-32H,1H3. The molecule has 1 unspecified atom stereocenters. The Bertz CT molecular complexity index is 3110. The van der Waals surface area contributed by atoms with E-state index in [0.717, 1.165) is 28.1 Å². The molecule has 55 heavy (non-hydrogen) atoms. The number of fused-ring (bicyclic) bond motifs is 7. The molecule has 1 aliphatic rings. The van der Waals surface area contributed by atoms with Gasteiger partial charge in [-0.2, -0.15) is 0 Å². The van der Waals surface area contributed by atoms with Crippen molar-refractivity contribution in [3.63, 3.8) is 0 Å². The van der Waals surface area contributed by atoms with Crippen LogP contribution in [0.4, 0.5) is 0 Å². The van der Waals surface area contributed by atoms with Crippen LogP contribution < -0.4 is 0 Å². The van der Waals surface area contributed by atoms with Gasteiger partial charge in [-0.3, -0.25) is 0 Å². The highest BCUT2D eigenvalue weighted by Crippen LogP contribution is 2.55. The van der Waals surface area contributed by atoms with Crippen molar-refractivity contribution in [2.75, 3.05) is 0 Å². The van der Waals surface area contributed by atoms with Crippen LogP contribution in [0.2, 0.25) is 0 Å². The van der Waals surface area contributed by atoms with Gasteiger partial charge >= 0.3 is 0 Å². The van der Waals surface area contributed by atoms with Gasteiger partial charge in [-0.15, -0.1) is 11.3 Å². The van der Waals surface area contributed by atoms with Crippen molar-refractivity contribution in [3.8, 4) is 56.2 Å². The molecule has 11 rings (SSSR count). The molecular formula is C52H34N2S. The SMILES string of the molecule is CC1(c2ccccc2)c2ccccc2-c2c(-c3cc(-c4ccc(-c5cccc6c5sc5ccccc56)cc4)nc(-c4ccc5ccccc5c4)n3)cccc21. The van der Waals surface area contributed by atoms with Crippen molar-refractivity contribution in [1.29, 1.82) is 0 Å². The number of benzene rings is 8. The maximum atomic E-state index is 5.39. The minimum absolute atomic E-state index is 0.298. The minimum Gasteiger partial charge on any atom is -0.228 e. The van der Waals surface area contributed by atoms with E-state index in [2.05, 4.69) is 195 Å². The fraction of sp³-hybridized carbons (Fsp3) is 0.0385. The van der Waals surface area contributed by atoms with Gasteiger partial charge in [0.05, 0.1) is 11.4 Å². The van der Waals surface area contributed by atoms with Gasteiger partial charge in [-0.1, -0.05) is 170 Å². The Morgan fingerprint density at radius 2 is 1.07 bits per heavy atom. The molecule has 1 aliphatic carbocycles. The van der Waals surface area contributed by atoms with Gasteiger partial charge in [0, 0.05) is 42.3 Å². The van der Waals surface area contributed by atoms with Gasteiger partial charge in [0.1, 0.15) is 0 Å². The zero-order valence-corrected chi connectivity index (χ0v) is 31.0. The largest absolute Gasteiger partial charge is 0.228 e. The molecule has 0 saturated heterocycles. The second-order valence-electron chi connectivity index (χ2n) is 14.6. The average Bonchev–Trinajstić information content (AvgIpc) is 3.77. The molecule has 0 radical (unpaired) electrons. The average molecular weight is 719 g/mol. The Hall–Kier alpha value is -6.68. The van der Waals surface area contributed by atoms with Crippen molar-refractivity contribution in [2.45, 2.75) is 12.3 Å². The summed E-state index contributed by atoms with van der Waals surface area (Å²) in [5.41, 5.74) is 13.5. The van der Waals surface area contributed by atoms with Gasteiger partial charge in [0.15, 0.2) is 5.82 Å². The molecule has 8 aromatic carbocycles. The van der Waals surface area contributed by atoms with Crippen molar-refractivity contribution in [3.05, 3.63) is 205 Å². The Kier molecular flexibility index (Phi) is 7.20. The predicted molar refractivity (Wildman–Crippen MR) is 232 cm³/mol. The molecule has 1 atom stereocenters. The lowest BCUT2D eigenvalue weighted by atomic mass is 9.74. The van der Waals surface area contributed by atoms with E-state index in [4.69, 9.17) is 9.97 Å². The number of thiophene rings is 1. The van der Waals surface area contributed by atoms with Gasteiger partial charge < -0.3 is 0 Å². The van der Waals surface area contributed by atoms with Crippen LogP contribution in [-0.4, -0.2) is 9.97 Å². The topological polar surface area (TPSA) is 25.8 Å². The van der Waals surface area contributed by atoms with Crippen LogP contribution in [-0.2, 0) is 5.41 Å². The predicted octanol–water partition coefficient (Wildman–Crippen LogP) is 14.0. The summed E-state index contributed by atoms with van der Waals surface area (Å²) >= 11 is 1.87. The highest BCUT2D eigenvalue weighted by molar-refractivity contribution is 7.26. The molecule has 2 heterocycles. The third kappa shape index (κ3) is 5.01. The third-order valence-electron chi connectivity index (χ3n) is 11.6. The summed E-state index contributed by atoms with van der Waals surface area (Å²) in [6.07, 6.45) is 0. The molecule has 0 spiro atoms. The second-order valence-corrected chi connectivity index (χ2v) is 15.7. The monoisotopic (exact) mass is 718 g/mol. The number of hydrogen-bond donors (Lipinski definition) is 0. The quantitative estimate of drug-likeness (QED) is 0.177. The third-order valence-corrected chi connectivity index (χ3v) is 12.8. The lowest BCUT2D eigenvalue weighted by molar-refractivity contribution is 0.714. The van der Waals surface area contributed by atoms with Crippen molar-refractivity contribution >= 4 is 42.3 Å². The van der Waals surface area contributed by atoms with Crippen LogP contribution in [0.25, 0.3) is 87.1 Å². The van der Waals surface area contributed by atoms with E-state index in [1.807, 2.05) is 11.3 Å². The first-order valence-electron chi connectivity index (χ1n) is 18.8. The molecule has 0 saturated carbocycles. The molecule has 3 heteroatoms. The maximum absolute atomic E-state index is 5.39. The van der Waals surface area contributed by atoms with Crippen LogP contribution in [0.15, 0.2) is 188 Å². The molecule has 0 N–H and O–H groups in total. The van der Waals surface area contributed by atoms with E-state index in [1.54, 1.807) is 0 Å². The highest BCUT2D eigenvalue weighted by atomic mass is 32.1. The Labute approximate surface area is 324 Å². The molecule has 258 valence electrons. The van der Waals surface area contributed by atoms with Crippen LogP contribution in [0.1, 0.15) is 23.6 Å². The van der Waals surface area contributed by atoms with E-state index in [1.165, 1.54) is 69.9 Å². The van der Waals surface area contributed by atoms with Crippen LogP contribution in [0.3, 0.4) is 0 Å². The molecule has 0 aliphatic heterocycles. The first kappa shape index (κ1) is 31.8. The van der Waals surface area contributed by atoms with E-state index in [0.29, 0.717) is 5.82 Å². The number of hydrogen-bond acceptors (Lipinski definition) is 3. The molecule has 2 aromatic heterocycles. The zero-order valence-electron chi connectivity index (χ0n) is 30.2. The fourth-order valence-electron chi connectivity index (χ4n) is 8.82. The number of aromatic nitrogens is 2. The van der Waals surface area contributed by atoms with Gasteiger partial charge in [0.2, 0.25) is 0 Å². The summed E-state index contributed by atoms with van der Waals surface area (Å²) < 4.78 is 2.63. The first-order chi connectivity index (χ1) is 27.1. The van der Waals surface area contributed by atoms with Crippen molar-refractivity contribution in [1.82, 2.24) is 9.97 Å². The second kappa shape index (κ2) is 12.4. The van der Waals surface area contributed by atoms with Crippen LogP contribution in [0.5, 0.6) is 0 Å². The normalized spacial score (nSPS) is 14.7. The zero-order chi connectivity index (χ0) is 36.5. The Morgan fingerprint density at radius 3 is 1.96 bits per heavy atom. The van der Waals surface area contributed by atoms with E-state index in [-0.39, 0.29) is 5.41 Å². The van der Waals surface area contributed by atoms with Gasteiger partial charge in [-0.05, 0) is 74.8 Å². The van der Waals surface area contributed by atoms with Crippen molar-refractivity contribution < 1.29 is 0 Å². The summed E-state index contributed by atoms with van der Waals surface area (Å²) in [5, 5.41) is 4.99. The van der Waals surface area contributed by atoms with E-state index >= 15 is 0 Å². The van der Waals surface area contributed by atoms with E-state index in [9.17, 15) is 0 Å². The molecule has 0 bridgehead atoms. The van der Waals surface area contributed by atoms with Crippen LogP contribution in [0, 0.1) is 0 Å². The first-order valence-corrected chi connectivity index (χ1v) is 19.6. The summed E-state index contributed by atoms with van der Waals surface area (Å²) in [6.45, 7) is 2.36. The molecule has 10 aromatic rings. The minimum atomic E-state index is -0.298. The summed E-state index contributed by atoms with van der Waals surface area (Å²) in [7, 11) is 0. The molecule has 0 amide bonds. The van der Waals surface area contributed by atoms with Crippen LogP contribution >= 0.6 is 11.3 Å². The lowest BCUT2D eigenvalue weighted by Crippen LogP contribution is -2.22. The number of nitrogens with zero attached hydrogens (tertiary/aromatic N) is 2. The molecule has 0 fully saturated rings. The fourth-order valence-corrected chi connectivity index (χ4v) is 10.1. The number of rotatable bonds is 5. The van der Waals surface area contributed by atoms with Crippen molar-refractivity contribution in [2.24, 2.45) is 0 Å². The summed E-state index contributed by atoms with van der Waals surface area (Å²) in [5.74, 6) is 0.715. The van der Waals surface area contributed by atoms with Gasteiger partial charge in [-0.25, -0.2) is 9.97 Å². The Balaban J connectivity index is 1.09. The maximum Gasteiger partial charge on any atom is 0.160 e. The summed E-state index contributed by atoms with van der Waals surface area (Å²) in [6, 6.07) is 68.0. The highest BCUT2D eigenvalue weighted by Gasteiger charge is 2.41.